The normalized spacial score (nSPS) is 12.0. The molecule has 1 unspecified atom stereocenters. The van der Waals surface area contributed by atoms with Crippen LogP contribution in [0.2, 0.25) is 0 Å². The molecule has 0 aliphatic carbocycles. The fourth-order valence-electron chi connectivity index (χ4n) is 3.26. The number of alkyl halides is 3. The fourth-order valence-corrected chi connectivity index (χ4v) is 3.26. The molecular weight excluding hydrogens is 441 g/mol. The van der Waals surface area contributed by atoms with Crippen molar-refractivity contribution in [2.24, 2.45) is 0 Å². The molecule has 10 heteroatoms. The first kappa shape index (κ1) is 25.8. The summed E-state index contributed by atoms with van der Waals surface area (Å²) in [5.74, 6) is -0.224. The molecule has 0 fully saturated rings. The lowest BCUT2D eigenvalue weighted by atomic mass is 10.00. The van der Waals surface area contributed by atoms with E-state index in [2.05, 4.69) is 10.6 Å². The number of benzene rings is 2. The van der Waals surface area contributed by atoms with E-state index in [1.165, 1.54) is 45.6 Å². The van der Waals surface area contributed by atoms with Gasteiger partial charge in [-0.2, -0.15) is 13.2 Å². The van der Waals surface area contributed by atoms with Gasteiger partial charge in [0.05, 0.1) is 39.5 Å². The SMILES string of the molecule is CCCC(NC(=O)CNC(=O)c1cc(OC)c(OC)c(OC)c1)c1cccc(C(F)(F)F)c1. The highest BCUT2D eigenvalue weighted by atomic mass is 19.4. The summed E-state index contributed by atoms with van der Waals surface area (Å²) >= 11 is 0. The first-order chi connectivity index (χ1) is 15.6. The molecule has 2 amide bonds. The second-order valence-electron chi connectivity index (χ2n) is 7.13. The summed E-state index contributed by atoms with van der Waals surface area (Å²) in [6, 6.07) is 7.10. The average molecular weight is 468 g/mol. The molecule has 2 aromatic carbocycles. The zero-order valence-corrected chi connectivity index (χ0v) is 18.8. The van der Waals surface area contributed by atoms with Gasteiger partial charge in [0.1, 0.15) is 0 Å². The summed E-state index contributed by atoms with van der Waals surface area (Å²) in [4.78, 5) is 25.0. The van der Waals surface area contributed by atoms with Gasteiger partial charge in [0.2, 0.25) is 11.7 Å². The number of carbonyl (C=O) groups is 2. The molecule has 33 heavy (non-hydrogen) atoms. The fraction of sp³-hybridized carbons (Fsp3) is 0.391. The molecule has 0 aliphatic heterocycles. The van der Waals surface area contributed by atoms with Crippen molar-refractivity contribution in [1.29, 1.82) is 0 Å². The van der Waals surface area contributed by atoms with E-state index in [1.807, 2.05) is 6.92 Å². The Kier molecular flexibility index (Phi) is 8.95. The summed E-state index contributed by atoms with van der Waals surface area (Å²) in [5, 5.41) is 5.18. The van der Waals surface area contributed by atoms with Crippen molar-refractivity contribution in [3.05, 3.63) is 53.1 Å². The number of methoxy groups -OCH3 is 3. The molecule has 0 aromatic heterocycles. The standard InChI is InChI=1S/C23H27F3N2O5/c1-5-7-17(14-8-6-9-16(10-14)23(24,25)26)28-20(29)13-27-22(30)15-11-18(31-2)21(33-4)19(12-15)32-3/h6,8-12,17H,5,7,13H2,1-4H3,(H,27,30)(H,28,29). The van der Waals surface area contributed by atoms with Gasteiger partial charge in [-0.1, -0.05) is 25.5 Å². The van der Waals surface area contributed by atoms with E-state index in [1.54, 1.807) is 0 Å². The summed E-state index contributed by atoms with van der Waals surface area (Å²) in [6.45, 7) is 1.49. The van der Waals surface area contributed by atoms with Crippen LogP contribution in [0.15, 0.2) is 36.4 Å². The van der Waals surface area contributed by atoms with E-state index in [0.29, 0.717) is 24.2 Å². The van der Waals surface area contributed by atoms with Crippen LogP contribution in [0.1, 0.15) is 47.3 Å². The molecule has 0 saturated heterocycles. The molecule has 7 nitrogen and oxygen atoms in total. The van der Waals surface area contributed by atoms with Crippen molar-refractivity contribution in [2.75, 3.05) is 27.9 Å². The highest BCUT2D eigenvalue weighted by Gasteiger charge is 2.31. The lowest BCUT2D eigenvalue weighted by Gasteiger charge is -2.20. The minimum absolute atomic E-state index is 0.181. The maximum absolute atomic E-state index is 13.0. The van der Waals surface area contributed by atoms with E-state index in [4.69, 9.17) is 14.2 Å². The number of carbonyl (C=O) groups excluding carboxylic acids is 2. The number of hydrogen-bond donors (Lipinski definition) is 2. The number of ether oxygens (including phenoxy) is 3. The Hall–Kier alpha value is -3.43. The van der Waals surface area contributed by atoms with Crippen molar-refractivity contribution in [3.8, 4) is 17.2 Å². The Morgan fingerprint density at radius 2 is 1.64 bits per heavy atom. The van der Waals surface area contributed by atoms with Gasteiger partial charge in [0, 0.05) is 5.56 Å². The first-order valence-electron chi connectivity index (χ1n) is 10.2. The van der Waals surface area contributed by atoms with Crippen LogP contribution in [0.25, 0.3) is 0 Å². The largest absolute Gasteiger partial charge is 0.493 e. The van der Waals surface area contributed by atoms with Crippen LogP contribution in [0, 0.1) is 0 Å². The van der Waals surface area contributed by atoms with Gasteiger partial charge in [-0.05, 0) is 36.2 Å². The molecule has 180 valence electrons. The summed E-state index contributed by atoms with van der Waals surface area (Å²) < 4.78 is 54.8. The van der Waals surface area contributed by atoms with Crippen LogP contribution in [0.5, 0.6) is 17.2 Å². The third-order valence-electron chi connectivity index (χ3n) is 4.87. The molecule has 0 radical (unpaired) electrons. The Bertz CT molecular complexity index is 954. The maximum Gasteiger partial charge on any atom is 0.416 e. The van der Waals surface area contributed by atoms with Gasteiger partial charge < -0.3 is 24.8 Å². The third-order valence-corrected chi connectivity index (χ3v) is 4.87. The summed E-state index contributed by atoms with van der Waals surface area (Å²) in [7, 11) is 4.25. The van der Waals surface area contributed by atoms with E-state index < -0.39 is 29.6 Å². The Balaban J connectivity index is 2.10. The lowest BCUT2D eigenvalue weighted by molar-refractivity contribution is -0.137. The third kappa shape index (κ3) is 6.77. The Morgan fingerprint density at radius 1 is 1.00 bits per heavy atom. The zero-order chi connectivity index (χ0) is 24.6. The molecule has 2 rings (SSSR count). The first-order valence-corrected chi connectivity index (χ1v) is 10.2. The summed E-state index contributed by atoms with van der Waals surface area (Å²) in [6.07, 6.45) is -3.40. The van der Waals surface area contributed by atoms with Crippen LogP contribution >= 0.6 is 0 Å². The second kappa shape index (κ2) is 11.4. The van der Waals surface area contributed by atoms with Crippen LogP contribution in [-0.2, 0) is 11.0 Å². The lowest BCUT2D eigenvalue weighted by Crippen LogP contribution is -2.38. The van der Waals surface area contributed by atoms with E-state index in [0.717, 1.165) is 12.1 Å². The van der Waals surface area contributed by atoms with Crippen LogP contribution in [0.4, 0.5) is 13.2 Å². The number of hydrogen-bond acceptors (Lipinski definition) is 5. The highest BCUT2D eigenvalue weighted by molar-refractivity contribution is 5.97. The number of rotatable bonds is 10. The molecule has 0 aliphatic rings. The van der Waals surface area contributed by atoms with Crippen LogP contribution in [0.3, 0.4) is 0 Å². The zero-order valence-electron chi connectivity index (χ0n) is 18.8. The predicted molar refractivity (Wildman–Crippen MR) is 116 cm³/mol. The minimum Gasteiger partial charge on any atom is -0.493 e. The molecule has 0 saturated carbocycles. The minimum atomic E-state index is -4.48. The molecule has 0 spiro atoms. The molecule has 1 atom stereocenters. The van der Waals surface area contributed by atoms with Crippen LogP contribution in [-0.4, -0.2) is 39.7 Å². The Labute approximate surface area is 190 Å². The molecule has 2 N–H and O–H groups in total. The van der Waals surface area contributed by atoms with Gasteiger partial charge in [-0.3, -0.25) is 9.59 Å². The second-order valence-corrected chi connectivity index (χ2v) is 7.13. The molecule has 0 bridgehead atoms. The average Bonchev–Trinajstić information content (AvgIpc) is 2.80. The smallest absolute Gasteiger partial charge is 0.416 e. The van der Waals surface area contributed by atoms with Gasteiger partial charge >= 0.3 is 6.18 Å². The van der Waals surface area contributed by atoms with E-state index >= 15 is 0 Å². The highest BCUT2D eigenvalue weighted by Crippen LogP contribution is 2.38. The monoisotopic (exact) mass is 468 g/mol. The van der Waals surface area contributed by atoms with Gasteiger partial charge in [-0.15, -0.1) is 0 Å². The summed E-state index contributed by atoms with van der Waals surface area (Å²) in [5.41, 5.74) is -0.262. The molecule has 2 aromatic rings. The maximum atomic E-state index is 13.0. The van der Waals surface area contributed by atoms with Crippen molar-refractivity contribution in [1.82, 2.24) is 10.6 Å². The Morgan fingerprint density at radius 3 is 2.15 bits per heavy atom. The quantitative estimate of drug-likeness (QED) is 0.548. The molecule has 0 heterocycles. The van der Waals surface area contributed by atoms with Crippen molar-refractivity contribution >= 4 is 11.8 Å². The van der Waals surface area contributed by atoms with Crippen molar-refractivity contribution in [3.63, 3.8) is 0 Å². The van der Waals surface area contributed by atoms with Gasteiger partial charge in [-0.25, -0.2) is 0 Å². The van der Waals surface area contributed by atoms with Crippen molar-refractivity contribution < 1.29 is 37.0 Å². The van der Waals surface area contributed by atoms with Crippen molar-refractivity contribution in [2.45, 2.75) is 32.0 Å². The van der Waals surface area contributed by atoms with E-state index in [9.17, 15) is 22.8 Å². The topological polar surface area (TPSA) is 85.9 Å². The van der Waals surface area contributed by atoms with Gasteiger partial charge in [0.25, 0.3) is 5.91 Å². The molecular formula is C23H27F3N2O5. The number of nitrogens with one attached hydrogen (secondary N) is 2. The number of amides is 2. The van der Waals surface area contributed by atoms with E-state index in [-0.39, 0.29) is 23.6 Å². The van der Waals surface area contributed by atoms with Crippen LogP contribution < -0.4 is 24.8 Å². The predicted octanol–water partition coefficient (Wildman–Crippen LogP) is 4.12. The number of halogens is 3. The van der Waals surface area contributed by atoms with Gasteiger partial charge in [0.15, 0.2) is 11.5 Å².